The maximum Gasteiger partial charge on any atom is 0.240 e. The number of benzene rings is 1. The molecule has 17 heavy (non-hydrogen) atoms. The van der Waals surface area contributed by atoms with Crippen LogP contribution in [0.15, 0.2) is 22.7 Å². The van der Waals surface area contributed by atoms with E-state index >= 15 is 0 Å². The molecule has 1 N–H and O–H groups in total. The highest BCUT2D eigenvalue weighted by Gasteiger charge is 2.37. The monoisotopic (exact) mass is 333 g/mol. The molecule has 0 saturated carbocycles. The number of hydrogen-bond donors (Lipinski definition) is 1. The Hall–Kier alpha value is -0.190. The highest BCUT2D eigenvalue weighted by molar-refractivity contribution is 9.10. The van der Waals surface area contributed by atoms with Crippen LogP contribution in [0.3, 0.4) is 0 Å². The van der Waals surface area contributed by atoms with Crippen molar-refractivity contribution in [2.24, 2.45) is 0 Å². The predicted molar refractivity (Wildman–Crippen MR) is 77.9 cm³/mol. The van der Waals surface area contributed by atoms with E-state index in [0.717, 1.165) is 28.8 Å². The summed E-state index contributed by atoms with van der Waals surface area (Å²) in [6.45, 7) is 2.00. The quantitative estimate of drug-likeness (QED) is 0.872. The van der Waals surface area contributed by atoms with Crippen LogP contribution in [0.4, 0.5) is 5.69 Å². The van der Waals surface area contributed by atoms with Crippen molar-refractivity contribution in [3.05, 3.63) is 27.7 Å². The molecule has 1 aliphatic heterocycles. The summed E-state index contributed by atoms with van der Waals surface area (Å²) in [6, 6.07) is 5.38. The molecule has 2 nitrogen and oxygen atoms in total. The molecular weight excluding hydrogens is 322 g/mol. The average Bonchev–Trinajstić information content (AvgIpc) is 2.72. The molecule has 1 atom stereocenters. The molecule has 1 amide bonds. The average molecular weight is 335 g/mol. The molecule has 1 aromatic carbocycles. The second kappa shape index (κ2) is 5.21. The summed E-state index contributed by atoms with van der Waals surface area (Å²) in [5.41, 5.74) is 0.733. The van der Waals surface area contributed by atoms with Gasteiger partial charge in [0.25, 0.3) is 0 Å². The van der Waals surface area contributed by atoms with E-state index in [1.807, 2.05) is 13.0 Å². The first-order valence-corrected chi connectivity index (χ1v) is 7.57. The lowest BCUT2D eigenvalue weighted by Crippen LogP contribution is -2.34. The fourth-order valence-electron chi connectivity index (χ4n) is 1.81. The van der Waals surface area contributed by atoms with E-state index in [0.29, 0.717) is 5.02 Å². The number of carbonyl (C=O) groups is 1. The second-order valence-electron chi connectivity index (χ2n) is 4.26. The van der Waals surface area contributed by atoms with Gasteiger partial charge in [-0.1, -0.05) is 11.6 Å². The third-order valence-electron chi connectivity index (χ3n) is 2.88. The minimum Gasteiger partial charge on any atom is -0.324 e. The van der Waals surface area contributed by atoms with E-state index in [2.05, 4.69) is 21.2 Å². The van der Waals surface area contributed by atoms with E-state index < -0.39 is 0 Å². The molecule has 1 fully saturated rings. The summed E-state index contributed by atoms with van der Waals surface area (Å²) in [6.07, 6.45) is 2.03. The van der Waals surface area contributed by atoms with Crippen LogP contribution in [0.5, 0.6) is 0 Å². The van der Waals surface area contributed by atoms with Gasteiger partial charge in [-0.3, -0.25) is 4.79 Å². The van der Waals surface area contributed by atoms with E-state index in [4.69, 9.17) is 11.6 Å². The summed E-state index contributed by atoms with van der Waals surface area (Å²) in [5.74, 6) is 1.11. The van der Waals surface area contributed by atoms with Crippen LogP contribution in [0.1, 0.15) is 19.8 Å². The van der Waals surface area contributed by atoms with Crippen LogP contribution in [0.25, 0.3) is 0 Å². The number of nitrogens with one attached hydrogen (secondary N) is 1. The lowest BCUT2D eigenvalue weighted by molar-refractivity contribution is -0.118. The molecule has 2 rings (SSSR count). The van der Waals surface area contributed by atoms with Gasteiger partial charge in [-0.25, -0.2) is 0 Å². The Balaban J connectivity index is 2.15. The van der Waals surface area contributed by atoms with Crippen LogP contribution in [-0.4, -0.2) is 16.4 Å². The van der Waals surface area contributed by atoms with Gasteiger partial charge in [0.15, 0.2) is 0 Å². The number of amides is 1. The molecule has 1 heterocycles. The molecule has 0 aliphatic carbocycles. The van der Waals surface area contributed by atoms with E-state index in [1.165, 1.54) is 0 Å². The van der Waals surface area contributed by atoms with E-state index in [1.54, 1.807) is 23.9 Å². The summed E-state index contributed by atoms with van der Waals surface area (Å²) in [5, 5.41) is 3.56. The number of hydrogen-bond acceptors (Lipinski definition) is 2. The van der Waals surface area contributed by atoms with E-state index in [-0.39, 0.29) is 10.7 Å². The fourth-order valence-corrected chi connectivity index (χ4v) is 3.53. The normalized spacial score (nSPS) is 23.7. The van der Waals surface area contributed by atoms with Crippen molar-refractivity contribution >= 4 is 50.9 Å². The third-order valence-corrected chi connectivity index (χ3v) is 5.32. The minimum atomic E-state index is -0.304. The number of rotatable bonds is 2. The molecule has 1 saturated heterocycles. The van der Waals surface area contributed by atoms with Crippen LogP contribution >= 0.6 is 39.3 Å². The number of halogens is 2. The first-order chi connectivity index (χ1) is 8.01. The molecule has 0 spiro atoms. The fraction of sp³-hybridized carbons (Fsp3) is 0.417. The van der Waals surface area contributed by atoms with Gasteiger partial charge < -0.3 is 5.32 Å². The summed E-state index contributed by atoms with van der Waals surface area (Å²) in [7, 11) is 0. The van der Waals surface area contributed by atoms with Gasteiger partial charge in [0.05, 0.1) is 10.4 Å². The molecule has 92 valence electrons. The molecule has 0 aromatic heterocycles. The van der Waals surface area contributed by atoms with E-state index in [9.17, 15) is 4.79 Å². The summed E-state index contributed by atoms with van der Waals surface area (Å²) >= 11 is 11.0. The topological polar surface area (TPSA) is 29.1 Å². The molecule has 5 heteroatoms. The van der Waals surface area contributed by atoms with Crippen LogP contribution in [0.2, 0.25) is 5.02 Å². The Kier molecular flexibility index (Phi) is 4.06. The molecule has 0 radical (unpaired) electrons. The van der Waals surface area contributed by atoms with Crippen molar-refractivity contribution in [2.45, 2.75) is 24.5 Å². The van der Waals surface area contributed by atoms with Crippen molar-refractivity contribution in [1.29, 1.82) is 0 Å². The standard InChI is InChI=1S/C12H13BrClNOS/c1-12(5-2-6-17-12)11(16)15-10-7-8(14)3-4-9(10)13/h3-4,7H,2,5-6H2,1H3,(H,15,16). The molecule has 1 aromatic rings. The first-order valence-electron chi connectivity index (χ1n) is 5.42. The van der Waals surface area contributed by atoms with Crippen molar-refractivity contribution in [3.8, 4) is 0 Å². The van der Waals surface area contributed by atoms with Crippen molar-refractivity contribution in [3.63, 3.8) is 0 Å². The number of anilines is 1. The Morgan fingerprint density at radius 3 is 3.00 bits per heavy atom. The van der Waals surface area contributed by atoms with Crippen molar-refractivity contribution in [2.75, 3.05) is 11.1 Å². The van der Waals surface area contributed by atoms with Gasteiger partial charge in [-0.05, 0) is 59.6 Å². The first kappa shape index (κ1) is 13.2. The van der Waals surface area contributed by atoms with Gasteiger partial charge in [0.1, 0.15) is 0 Å². The zero-order valence-electron chi connectivity index (χ0n) is 9.43. The number of thioether (sulfide) groups is 1. The highest BCUT2D eigenvalue weighted by Crippen LogP contribution is 2.39. The van der Waals surface area contributed by atoms with Gasteiger partial charge in [-0.2, -0.15) is 0 Å². The Bertz CT molecular complexity index is 446. The van der Waals surface area contributed by atoms with Gasteiger partial charge in [0.2, 0.25) is 5.91 Å². The van der Waals surface area contributed by atoms with Crippen molar-refractivity contribution in [1.82, 2.24) is 0 Å². The third kappa shape index (κ3) is 2.98. The van der Waals surface area contributed by atoms with Gasteiger partial charge in [0, 0.05) is 9.50 Å². The Morgan fingerprint density at radius 1 is 1.59 bits per heavy atom. The molecule has 0 bridgehead atoms. The molecular formula is C12H13BrClNOS. The minimum absolute atomic E-state index is 0.0583. The maximum atomic E-state index is 12.2. The predicted octanol–water partition coefficient (Wildman–Crippen LogP) is 4.33. The molecule has 1 unspecified atom stereocenters. The zero-order chi connectivity index (χ0) is 12.5. The lowest BCUT2D eigenvalue weighted by Gasteiger charge is -2.21. The highest BCUT2D eigenvalue weighted by atomic mass is 79.9. The van der Waals surface area contributed by atoms with Gasteiger partial charge in [-0.15, -0.1) is 11.8 Å². The smallest absolute Gasteiger partial charge is 0.240 e. The lowest BCUT2D eigenvalue weighted by atomic mass is 10.0. The number of carbonyl (C=O) groups excluding carboxylic acids is 1. The molecule has 1 aliphatic rings. The van der Waals surface area contributed by atoms with Crippen molar-refractivity contribution < 1.29 is 4.79 Å². The van der Waals surface area contributed by atoms with Crippen LogP contribution in [0, 0.1) is 0 Å². The second-order valence-corrected chi connectivity index (χ2v) is 7.15. The largest absolute Gasteiger partial charge is 0.324 e. The SMILES string of the molecule is CC1(C(=O)Nc2cc(Cl)ccc2Br)CCCS1. The summed E-state index contributed by atoms with van der Waals surface area (Å²) < 4.78 is 0.545. The van der Waals surface area contributed by atoms with Crippen LogP contribution < -0.4 is 5.32 Å². The maximum absolute atomic E-state index is 12.2. The van der Waals surface area contributed by atoms with Crippen LogP contribution in [-0.2, 0) is 4.79 Å². The van der Waals surface area contributed by atoms with Gasteiger partial charge >= 0.3 is 0 Å². The Labute approximate surface area is 119 Å². The summed E-state index contributed by atoms with van der Waals surface area (Å²) in [4.78, 5) is 12.2. The Morgan fingerprint density at radius 2 is 2.35 bits per heavy atom. The zero-order valence-corrected chi connectivity index (χ0v) is 12.6.